The molecule has 2 unspecified atom stereocenters. The third kappa shape index (κ3) is 4.02. The average Bonchev–Trinajstić information content (AvgIpc) is 3.19. The highest BCUT2D eigenvalue weighted by atomic mass is 16.6. The molecule has 0 radical (unpaired) electrons. The normalized spacial score (nSPS) is 22.1. The molecule has 2 heterocycles. The summed E-state index contributed by atoms with van der Waals surface area (Å²) in [7, 11) is 0. The number of carbonyl (C=O) groups excluding carboxylic acids is 2. The number of aliphatic carboxylic acids is 1. The average molecular weight is 469 g/mol. The number of hydrogen-bond donors (Lipinski definition) is 3. The van der Waals surface area contributed by atoms with Gasteiger partial charge < -0.3 is 24.8 Å². The van der Waals surface area contributed by atoms with E-state index in [2.05, 4.69) is 0 Å². The molecule has 0 aromatic heterocycles. The number of nitrogens with zero attached hydrogens (tertiary/aromatic N) is 1. The maximum atomic E-state index is 12.9. The van der Waals surface area contributed by atoms with Gasteiger partial charge in [0.2, 0.25) is 0 Å². The maximum Gasteiger partial charge on any atom is 0.411 e. The number of phenols is 2. The molecule has 180 valence electrons. The first kappa shape index (κ1) is 23.4. The lowest BCUT2D eigenvalue weighted by Crippen LogP contribution is -2.52. The fourth-order valence-electron chi connectivity index (χ4n) is 4.58. The van der Waals surface area contributed by atoms with Gasteiger partial charge in [-0.3, -0.25) is 9.69 Å². The van der Waals surface area contributed by atoms with Crippen molar-refractivity contribution in [2.24, 2.45) is 0 Å². The van der Waals surface area contributed by atoms with Crippen LogP contribution >= 0.6 is 0 Å². The van der Waals surface area contributed by atoms with Crippen LogP contribution in [0.2, 0.25) is 0 Å². The van der Waals surface area contributed by atoms with Crippen molar-refractivity contribution in [3.63, 3.8) is 0 Å². The van der Waals surface area contributed by atoms with Gasteiger partial charge in [-0.1, -0.05) is 12.1 Å². The van der Waals surface area contributed by atoms with Gasteiger partial charge in [-0.25, -0.2) is 9.59 Å². The van der Waals surface area contributed by atoms with E-state index in [1.807, 2.05) is 0 Å². The second kappa shape index (κ2) is 8.23. The molecule has 0 aliphatic carbocycles. The Morgan fingerprint density at radius 3 is 2.44 bits per heavy atom. The number of Topliss-reactive ketones (excluding diaryl/α,β-unsaturated/α-hetero) is 1. The molecule has 2 atom stereocenters. The minimum absolute atomic E-state index is 0.0267. The summed E-state index contributed by atoms with van der Waals surface area (Å²) in [6.07, 6.45) is -0.960. The highest BCUT2D eigenvalue weighted by Gasteiger charge is 2.53. The van der Waals surface area contributed by atoms with Crippen molar-refractivity contribution in [1.82, 2.24) is 4.90 Å². The SMILES string of the molecule is CC(C)(C)OC(=O)N1CCCC1(C(=O)O)c1cc(O)c2c(c1)OC(c1ccc(O)cc1)CC2=O. The predicted molar refractivity (Wildman–Crippen MR) is 120 cm³/mol. The number of carboxylic acids is 1. The number of rotatable bonds is 3. The van der Waals surface area contributed by atoms with Crippen molar-refractivity contribution in [3.05, 3.63) is 53.1 Å². The number of fused-ring (bicyclic) bond motifs is 1. The van der Waals surface area contributed by atoms with Gasteiger partial charge in [-0.15, -0.1) is 0 Å². The molecule has 34 heavy (non-hydrogen) atoms. The van der Waals surface area contributed by atoms with E-state index >= 15 is 0 Å². The van der Waals surface area contributed by atoms with Crippen molar-refractivity contribution < 1.29 is 39.2 Å². The van der Waals surface area contributed by atoms with Crippen molar-refractivity contribution in [2.75, 3.05) is 6.54 Å². The van der Waals surface area contributed by atoms with Crippen LogP contribution in [0.5, 0.6) is 17.2 Å². The summed E-state index contributed by atoms with van der Waals surface area (Å²) in [4.78, 5) is 39.5. The Labute approximate surface area is 196 Å². The van der Waals surface area contributed by atoms with Gasteiger partial charge in [-0.2, -0.15) is 0 Å². The van der Waals surface area contributed by atoms with Crippen LogP contribution in [0.15, 0.2) is 36.4 Å². The summed E-state index contributed by atoms with van der Waals surface area (Å²) in [5.41, 5.74) is -1.87. The van der Waals surface area contributed by atoms with Gasteiger partial charge in [0.1, 0.15) is 34.5 Å². The smallest absolute Gasteiger partial charge is 0.411 e. The lowest BCUT2D eigenvalue weighted by Gasteiger charge is -2.37. The van der Waals surface area contributed by atoms with Crippen molar-refractivity contribution in [2.45, 2.75) is 57.3 Å². The molecule has 9 heteroatoms. The Kier molecular flexibility index (Phi) is 5.67. The van der Waals surface area contributed by atoms with E-state index in [-0.39, 0.29) is 47.8 Å². The van der Waals surface area contributed by atoms with Crippen molar-refractivity contribution >= 4 is 17.8 Å². The number of ether oxygens (including phenoxy) is 2. The monoisotopic (exact) mass is 469 g/mol. The minimum atomic E-state index is -1.78. The molecular formula is C25H27NO8. The molecule has 0 saturated carbocycles. The molecule has 1 saturated heterocycles. The van der Waals surface area contributed by atoms with Crippen LogP contribution in [0.4, 0.5) is 4.79 Å². The first-order chi connectivity index (χ1) is 15.9. The highest BCUT2D eigenvalue weighted by Crippen LogP contribution is 2.46. The Morgan fingerprint density at radius 1 is 1.15 bits per heavy atom. The summed E-state index contributed by atoms with van der Waals surface area (Å²) in [5.74, 6) is -1.92. The quantitative estimate of drug-likeness (QED) is 0.611. The number of carbonyl (C=O) groups is 3. The predicted octanol–water partition coefficient (Wildman–Crippen LogP) is 4.12. The summed E-state index contributed by atoms with van der Waals surface area (Å²) in [5, 5.41) is 30.5. The van der Waals surface area contributed by atoms with Gasteiger partial charge in [0.15, 0.2) is 11.3 Å². The van der Waals surface area contributed by atoms with Gasteiger partial charge in [0.05, 0.1) is 6.42 Å². The molecule has 2 aromatic carbocycles. The third-order valence-corrected chi connectivity index (χ3v) is 6.09. The molecule has 0 spiro atoms. The van der Waals surface area contributed by atoms with E-state index in [0.717, 1.165) is 4.90 Å². The highest BCUT2D eigenvalue weighted by molar-refractivity contribution is 6.03. The van der Waals surface area contributed by atoms with E-state index in [4.69, 9.17) is 9.47 Å². The topological polar surface area (TPSA) is 134 Å². The number of aromatic hydroxyl groups is 2. The van der Waals surface area contributed by atoms with E-state index in [1.165, 1.54) is 24.3 Å². The molecule has 2 aliphatic rings. The maximum absolute atomic E-state index is 12.9. The lowest BCUT2D eigenvalue weighted by atomic mass is 9.84. The molecular weight excluding hydrogens is 442 g/mol. The van der Waals surface area contributed by atoms with Crippen molar-refractivity contribution in [1.29, 1.82) is 0 Å². The third-order valence-electron chi connectivity index (χ3n) is 6.09. The van der Waals surface area contributed by atoms with Crippen LogP contribution < -0.4 is 4.74 Å². The molecule has 1 amide bonds. The Hall–Kier alpha value is -3.75. The van der Waals surface area contributed by atoms with Crippen LogP contribution in [0.1, 0.15) is 67.6 Å². The Morgan fingerprint density at radius 2 is 1.82 bits per heavy atom. The van der Waals surface area contributed by atoms with Gasteiger partial charge in [0.25, 0.3) is 0 Å². The molecule has 9 nitrogen and oxygen atoms in total. The van der Waals surface area contributed by atoms with Gasteiger partial charge >= 0.3 is 12.1 Å². The van der Waals surface area contributed by atoms with E-state index in [9.17, 15) is 29.7 Å². The number of hydrogen-bond acceptors (Lipinski definition) is 7. The molecule has 3 N–H and O–H groups in total. The Bertz CT molecular complexity index is 1150. The number of ketones is 1. The van der Waals surface area contributed by atoms with E-state index in [1.54, 1.807) is 32.9 Å². The lowest BCUT2D eigenvalue weighted by molar-refractivity contribution is -0.150. The zero-order valence-electron chi connectivity index (χ0n) is 19.2. The minimum Gasteiger partial charge on any atom is -0.508 e. The fourth-order valence-corrected chi connectivity index (χ4v) is 4.58. The standard InChI is InChI=1S/C25H27NO8/c1-24(2,3)34-23(32)26-10-4-9-25(26,22(30)31)15-11-17(28)21-18(29)13-19(33-20(21)12-15)14-5-7-16(27)8-6-14/h5-8,11-12,19,27-28H,4,9-10,13H2,1-3H3,(H,30,31). The zero-order valence-corrected chi connectivity index (χ0v) is 19.2. The molecule has 4 rings (SSSR count). The first-order valence-electron chi connectivity index (χ1n) is 11.0. The Balaban J connectivity index is 1.77. The molecule has 2 aromatic rings. The van der Waals surface area contributed by atoms with Crippen molar-refractivity contribution in [3.8, 4) is 17.2 Å². The number of phenolic OH excluding ortho intramolecular Hbond substituents is 2. The number of benzene rings is 2. The molecule has 0 bridgehead atoms. The second-order valence-electron chi connectivity index (χ2n) is 9.59. The van der Waals surface area contributed by atoms with Crippen LogP contribution in [-0.2, 0) is 15.1 Å². The largest absolute Gasteiger partial charge is 0.508 e. The molecule has 1 fully saturated rings. The summed E-state index contributed by atoms with van der Waals surface area (Å²) < 4.78 is 11.5. The zero-order chi connectivity index (χ0) is 24.8. The van der Waals surface area contributed by atoms with Crippen LogP contribution in [0.3, 0.4) is 0 Å². The van der Waals surface area contributed by atoms with Crippen LogP contribution in [-0.4, -0.2) is 50.2 Å². The molecule has 2 aliphatic heterocycles. The van der Waals surface area contributed by atoms with E-state index in [0.29, 0.717) is 12.0 Å². The summed E-state index contributed by atoms with van der Waals surface area (Å²) >= 11 is 0. The first-order valence-corrected chi connectivity index (χ1v) is 11.0. The van der Waals surface area contributed by atoms with Gasteiger partial charge in [0, 0.05) is 6.54 Å². The second-order valence-corrected chi connectivity index (χ2v) is 9.59. The number of likely N-dealkylation sites (tertiary alicyclic amines) is 1. The van der Waals surface area contributed by atoms with Crippen LogP contribution in [0, 0.1) is 0 Å². The van der Waals surface area contributed by atoms with E-state index < -0.39 is 35.1 Å². The summed E-state index contributed by atoms with van der Waals surface area (Å²) in [6, 6.07) is 8.84. The number of carboxylic acid groups (broad SMARTS) is 1. The van der Waals surface area contributed by atoms with Crippen LogP contribution in [0.25, 0.3) is 0 Å². The number of amides is 1. The van der Waals surface area contributed by atoms with Gasteiger partial charge in [-0.05, 0) is 69.0 Å². The summed E-state index contributed by atoms with van der Waals surface area (Å²) in [6.45, 7) is 5.24. The fraction of sp³-hybridized carbons (Fsp3) is 0.400.